The Morgan fingerprint density at radius 2 is 1.81 bits per heavy atom. The number of aryl methyl sites for hydroxylation is 1. The monoisotopic (exact) mass is 344 g/mol. The molecule has 5 heteroatoms. The Morgan fingerprint density at radius 3 is 2.62 bits per heavy atom. The molecule has 1 aliphatic rings. The summed E-state index contributed by atoms with van der Waals surface area (Å²) in [7, 11) is 0. The zero-order valence-electron chi connectivity index (χ0n) is 14.4. The fourth-order valence-corrected chi connectivity index (χ4v) is 3.22. The van der Waals surface area contributed by atoms with Crippen molar-refractivity contribution in [1.29, 1.82) is 0 Å². The minimum absolute atomic E-state index is 0.216. The quantitative estimate of drug-likeness (QED) is 0.787. The fourth-order valence-electron chi connectivity index (χ4n) is 3.22. The number of fused-ring (bicyclic) bond motifs is 1. The number of hydrogen-bond acceptors (Lipinski definition) is 4. The summed E-state index contributed by atoms with van der Waals surface area (Å²) in [6.45, 7) is 1.38. The third-order valence-corrected chi connectivity index (χ3v) is 4.55. The lowest BCUT2D eigenvalue weighted by atomic mass is 10.0. The highest BCUT2D eigenvalue weighted by molar-refractivity contribution is 5.92. The standard InChI is InChI=1S/C21H20N4O/c26-21(24-13-16-7-2-1-3-8-16)18-14-23-20(15-22-18)25-12-6-10-17-9-4-5-11-19(17)25/h1-5,7-9,11,14-15H,6,10,12-13H2,(H,24,26). The number of nitrogens with zero attached hydrogens (tertiary/aromatic N) is 3. The van der Waals surface area contributed by atoms with E-state index in [1.807, 2.05) is 36.4 Å². The fraction of sp³-hybridized carbons (Fsp3) is 0.190. The van der Waals surface area contributed by atoms with E-state index in [-0.39, 0.29) is 5.91 Å². The van der Waals surface area contributed by atoms with E-state index in [4.69, 9.17) is 0 Å². The van der Waals surface area contributed by atoms with Crippen LogP contribution in [0.2, 0.25) is 0 Å². The molecule has 0 radical (unpaired) electrons. The average molecular weight is 344 g/mol. The van der Waals surface area contributed by atoms with Crippen LogP contribution in [0.5, 0.6) is 0 Å². The highest BCUT2D eigenvalue weighted by Crippen LogP contribution is 2.31. The predicted molar refractivity (Wildman–Crippen MR) is 101 cm³/mol. The van der Waals surface area contributed by atoms with Gasteiger partial charge in [0, 0.05) is 18.8 Å². The summed E-state index contributed by atoms with van der Waals surface area (Å²) in [6, 6.07) is 18.2. The van der Waals surface area contributed by atoms with Crippen molar-refractivity contribution in [1.82, 2.24) is 15.3 Å². The second-order valence-electron chi connectivity index (χ2n) is 6.31. The van der Waals surface area contributed by atoms with Gasteiger partial charge in [0.05, 0.1) is 12.4 Å². The van der Waals surface area contributed by atoms with Crippen molar-refractivity contribution >= 4 is 17.4 Å². The molecule has 1 N–H and O–H groups in total. The topological polar surface area (TPSA) is 58.1 Å². The summed E-state index contributed by atoms with van der Waals surface area (Å²) >= 11 is 0. The molecule has 4 rings (SSSR count). The summed E-state index contributed by atoms with van der Waals surface area (Å²) in [5.41, 5.74) is 3.88. The van der Waals surface area contributed by atoms with Crippen LogP contribution >= 0.6 is 0 Å². The SMILES string of the molecule is O=C(NCc1ccccc1)c1cnc(N2CCCc3ccccc32)cn1. The number of rotatable bonds is 4. The Labute approximate surface area is 152 Å². The van der Waals surface area contributed by atoms with Crippen molar-refractivity contribution in [3.05, 3.63) is 83.8 Å². The van der Waals surface area contributed by atoms with Crippen molar-refractivity contribution < 1.29 is 4.79 Å². The van der Waals surface area contributed by atoms with Gasteiger partial charge in [0.2, 0.25) is 0 Å². The van der Waals surface area contributed by atoms with Gasteiger partial charge in [-0.1, -0.05) is 48.5 Å². The smallest absolute Gasteiger partial charge is 0.271 e. The van der Waals surface area contributed by atoms with Gasteiger partial charge in [0.25, 0.3) is 5.91 Å². The van der Waals surface area contributed by atoms with Crippen LogP contribution in [0.25, 0.3) is 0 Å². The van der Waals surface area contributed by atoms with Gasteiger partial charge in [-0.25, -0.2) is 9.97 Å². The van der Waals surface area contributed by atoms with Crippen molar-refractivity contribution in [3.63, 3.8) is 0 Å². The number of aromatic nitrogens is 2. The van der Waals surface area contributed by atoms with Crippen molar-refractivity contribution in [2.45, 2.75) is 19.4 Å². The molecule has 0 atom stereocenters. The normalized spacial score (nSPS) is 13.2. The molecule has 26 heavy (non-hydrogen) atoms. The molecule has 0 aliphatic carbocycles. The van der Waals surface area contributed by atoms with Crippen LogP contribution in [0.3, 0.4) is 0 Å². The van der Waals surface area contributed by atoms with Gasteiger partial charge in [-0.2, -0.15) is 0 Å². The minimum atomic E-state index is -0.216. The summed E-state index contributed by atoms with van der Waals surface area (Å²) in [5.74, 6) is 0.559. The minimum Gasteiger partial charge on any atom is -0.347 e. The largest absolute Gasteiger partial charge is 0.347 e. The first-order chi connectivity index (χ1) is 12.8. The lowest BCUT2D eigenvalue weighted by Gasteiger charge is -2.30. The zero-order chi connectivity index (χ0) is 17.8. The van der Waals surface area contributed by atoms with E-state index in [1.165, 1.54) is 11.3 Å². The molecule has 2 heterocycles. The van der Waals surface area contributed by atoms with Crippen molar-refractivity contribution in [2.75, 3.05) is 11.4 Å². The predicted octanol–water partition coefficient (Wildman–Crippen LogP) is 3.49. The maximum atomic E-state index is 12.3. The van der Waals surface area contributed by atoms with Crippen LogP contribution in [0.1, 0.15) is 28.0 Å². The molecule has 1 aliphatic heterocycles. The molecule has 1 aromatic heterocycles. The van der Waals surface area contributed by atoms with Crippen LogP contribution < -0.4 is 10.2 Å². The van der Waals surface area contributed by atoms with E-state index in [0.29, 0.717) is 12.2 Å². The molecular weight excluding hydrogens is 324 g/mol. The summed E-state index contributed by atoms with van der Waals surface area (Å²) < 4.78 is 0. The maximum absolute atomic E-state index is 12.3. The molecule has 130 valence electrons. The first-order valence-electron chi connectivity index (χ1n) is 8.81. The van der Waals surface area contributed by atoms with Crippen molar-refractivity contribution in [2.24, 2.45) is 0 Å². The lowest BCUT2D eigenvalue weighted by molar-refractivity contribution is 0.0945. The number of para-hydroxylation sites is 1. The number of amides is 1. The Balaban J connectivity index is 1.46. The lowest BCUT2D eigenvalue weighted by Crippen LogP contribution is -2.27. The Hall–Kier alpha value is -3.21. The molecule has 0 bridgehead atoms. The van der Waals surface area contributed by atoms with E-state index in [9.17, 15) is 4.79 Å². The summed E-state index contributed by atoms with van der Waals surface area (Å²) in [6.07, 6.45) is 5.39. The number of carbonyl (C=O) groups excluding carboxylic acids is 1. The molecule has 0 fully saturated rings. The van der Waals surface area contributed by atoms with Crippen molar-refractivity contribution in [3.8, 4) is 0 Å². The number of hydrogen-bond donors (Lipinski definition) is 1. The first-order valence-corrected chi connectivity index (χ1v) is 8.81. The highest BCUT2D eigenvalue weighted by Gasteiger charge is 2.19. The third kappa shape index (κ3) is 3.42. The Morgan fingerprint density at radius 1 is 1.00 bits per heavy atom. The molecule has 1 amide bonds. The van der Waals surface area contributed by atoms with Gasteiger partial charge in [0.1, 0.15) is 5.69 Å². The summed E-state index contributed by atoms with van der Waals surface area (Å²) in [5, 5.41) is 2.87. The molecule has 0 saturated heterocycles. The molecular formula is C21H20N4O. The number of carbonyl (C=O) groups is 1. The Kier molecular flexibility index (Phi) is 4.60. The van der Waals surface area contributed by atoms with Gasteiger partial charge in [-0.05, 0) is 30.0 Å². The molecule has 0 unspecified atom stereocenters. The molecule has 3 aromatic rings. The van der Waals surface area contributed by atoms with E-state index < -0.39 is 0 Å². The number of nitrogens with one attached hydrogen (secondary N) is 1. The molecule has 0 spiro atoms. The Bertz CT molecular complexity index is 893. The second-order valence-corrected chi connectivity index (χ2v) is 6.31. The van der Waals surface area contributed by atoms with E-state index in [0.717, 1.165) is 30.8 Å². The van der Waals surface area contributed by atoms with Gasteiger partial charge in [0.15, 0.2) is 5.82 Å². The molecule has 2 aromatic carbocycles. The molecule has 0 saturated carbocycles. The second kappa shape index (κ2) is 7.35. The van der Waals surface area contributed by atoms with Gasteiger partial charge < -0.3 is 10.2 Å². The van der Waals surface area contributed by atoms with E-state index >= 15 is 0 Å². The van der Waals surface area contributed by atoms with Gasteiger partial charge in [-0.15, -0.1) is 0 Å². The van der Waals surface area contributed by atoms with Crippen LogP contribution in [0, 0.1) is 0 Å². The van der Waals surface area contributed by atoms with Gasteiger partial charge in [-0.3, -0.25) is 4.79 Å². The maximum Gasteiger partial charge on any atom is 0.271 e. The van der Waals surface area contributed by atoms with Crippen LogP contribution in [-0.2, 0) is 13.0 Å². The number of benzene rings is 2. The van der Waals surface area contributed by atoms with E-state index in [2.05, 4.69) is 38.4 Å². The number of anilines is 2. The first kappa shape index (κ1) is 16.3. The zero-order valence-corrected chi connectivity index (χ0v) is 14.4. The third-order valence-electron chi connectivity index (χ3n) is 4.55. The van der Waals surface area contributed by atoms with Crippen LogP contribution in [0.4, 0.5) is 11.5 Å². The van der Waals surface area contributed by atoms with E-state index in [1.54, 1.807) is 12.4 Å². The van der Waals surface area contributed by atoms with Gasteiger partial charge >= 0.3 is 0 Å². The average Bonchev–Trinajstić information content (AvgIpc) is 2.72. The molecule has 5 nitrogen and oxygen atoms in total. The van der Waals surface area contributed by atoms with Crippen LogP contribution in [-0.4, -0.2) is 22.4 Å². The summed E-state index contributed by atoms with van der Waals surface area (Å²) in [4.78, 5) is 23.2. The highest BCUT2D eigenvalue weighted by atomic mass is 16.1. The van der Waals surface area contributed by atoms with Crippen LogP contribution in [0.15, 0.2) is 67.0 Å².